The molecule has 0 saturated carbocycles. The number of nitrogens with two attached hydrogens (primary N) is 1. The fourth-order valence-electron chi connectivity index (χ4n) is 1.08. The van der Waals surface area contributed by atoms with Crippen molar-refractivity contribution in [3.05, 3.63) is 23.9 Å². The van der Waals surface area contributed by atoms with Gasteiger partial charge in [0.2, 0.25) is 5.88 Å². The van der Waals surface area contributed by atoms with E-state index in [2.05, 4.69) is 4.98 Å². The molecule has 66 valence electrons. The van der Waals surface area contributed by atoms with E-state index in [1.54, 1.807) is 13.3 Å². The molecule has 12 heavy (non-hydrogen) atoms. The zero-order chi connectivity index (χ0) is 8.97. The molecule has 0 spiro atoms. The van der Waals surface area contributed by atoms with Crippen LogP contribution in [0.5, 0.6) is 5.88 Å². The van der Waals surface area contributed by atoms with Gasteiger partial charge in [0.05, 0.1) is 7.11 Å². The Balaban J connectivity index is 2.96. The maximum absolute atomic E-state index is 5.85. The lowest BCUT2D eigenvalue weighted by molar-refractivity contribution is 0.388. The zero-order valence-electron chi connectivity index (χ0n) is 7.45. The summed E-state index contributed by atoms with van der Waals surface area (Å²) in [6, 6.07) is 3.83. The maximum Gasteiger partial charge on any atom is 0.217 e. The third-order valence-corrected chi connectivity index (χ3v) is 1.83. The summed E-state index contributed by atoms with van der Waals surface area (Å²) in [4.78, 5) is 4.06. The predicted molar refractivity (Wildman–Crippen MR) is 48.0 cm³/mol. The van der Waals surface area contributed by atoms with E-state index in [0.29, 0.717) is 5.88 Å². The Morgan fingerprint density at radius 2 is 2.42 bits per heavy atom. The third-order valence-electron chi connectivity index (χ3n) is 1.83. The fraction of sp³-hybridized carbons (Fsp3) is 0.444. The first-order valence-corrected chi connectivity index (χ1v) is 4.04. The van der Waals surface area contributed by atoms with Crippen molar-refractivity contribution in [2.45, 2.75) is 19.4 Å². The maximum atomic E-state index is 5.85. The van der Waals surface area contributed by atoms with Gasteiger partial charge in [0.15, 0.2) is 0 Å². The molecule has 1 aromatic heterocycles. The number of methoxy groups -OCH3 is 1. The van der Waals surface area contributed by atoms with E-state index in [1.807, 2.05) is 19.1 Å². The van der Waals surface area contributed by atoms with Crippen LogP contribution in [0.3, 0.4) is 0 Å². The van der Waals surface area contributed by atoms with Crippen LogP contribution in [0.2, 0.25) is 0 Å². The molecule has 1 aromatic rings. The molecule has 1 atom stereocenters. The van der Waals surface area contributed by atoms with Gasteiger partial charge in [-0.05, 0) is 12.5 Å². The Bertz CT molecular complexity index is 250. The Morgan fingerprint density at radius 3 is 3.00 bits per heavy atom. The number of hydrogen-bond donors (Lipinski definition) is 1. The SMILES string of the molecule is CC[C@@H](N)c1cccnc1OC. The Labute approximate surface area is 72.6 Å². The molecule has 0 aromatic carbocycles. The summed E-state index contributed by atoms with van der Waals surface area (Å²) in [6.45, 7) is 2.04. The van der Waals surface area contributed by atoms with Gasteiger partial charge in [0.25, 0.3) is 0 Å². The largest absolute Gasteiger partial charge is 0.481 e. The minimum atomic E-state index is 0.0219. The number of ether oxygens (including phenoxy) is 1. The molecular weight excluding hydrogens is 152 g/mol. The van der Waals surface area contributed by atoms with Gasteiger partial charge in [-0.2, -0.15) is 0 Å². The topological polar surface area (TPSA) is 48.1 Å². The smallest absolute Gasteiger partial charge is 0.217 e. The second-order valence-electron chi connectivity index (χ2n) is 2.62. The molecule has 0 aliphatic carbocycles. The quantitative estimate of drug-likeness (QED) is 0.740. The first kappa shape index (κ1) is 9.00. The number of hydrogen-bond acceptors (Lipinski definition) is 3. The third kappa shape index (κ3) is 1.74. The molecule has 3 nitrogen and oxygen atoms in total. The van der Waals surface area contributed by atoms with Crippen molar-refractivity contribution in [1.82, 2.24) is 4.98 Å². The van der Waals surface area contributed by atoms with Crippen LogP contribution in [-0.4, -0.2) is 12.1 Å². The summed E-state index contributed by atoms with van der Waals surface area (Å²) >= 11 is 0. The van der Waals surface area contributed by atoms with Gasteiger partial charge in [0, 0.05) is 17.8 Å². The van der Waals surface area contributed by atoms with Gasteiger partial charge in [-0.15, -0.1) is 0 Å². The summed E-state index contributed by atoms with van der Waals surface area (Å²) in [6.07, 6.45) is 2.59. The molecule has 0 saturated heterocycles. The average Bonchev–Trinajstić information content (AvgIpc) is 2.16. The molecule has 2 N–H and O–H groups in total. The minimum absolute atomic E-state index is 0.0219. The van der Waals surface area contributed by atoms with Crippen LogP contribution in [0, 0.1) is 0 Å². The van der Waals surface area contributed by atoms with Crippen molar-refractivity contribution < 1.29 is 4.74 Å². The number of nitrogens with zero attached hydrogens (tertiary/aromatic N) is 1. The van der Waals surface area contributed by atoms with Crippen molar-refractivity contribution in [3.63, 3.8) is 0 Å². The summed E-state index contributed by atoms with van der Waals surface area (Å²) in [5.41, 5.74) is 6.83. The molecule has 0 bridgehead atoms. The highest BCUT2D eigenvalue weighted by atomic mass is 16.5. The van der Waals surface area contributed by atoms with Crippen molar-refractivity contribution in [2.75, 3.05) is 7.11 Å². The first-order valence-electron chi connectivity index (χ1n) is 4.04. The van der Waals surface area contributed by atoms with Crippen LogP contribution in [0.4, 0.5) is 0 Å². The molecule has 0 amide bonds. The predicted octanol–water partition coefficient (Wildman–Crippen LogP) is 1.50. The highest BCUT2D eigenvalue weighted by Crippen LogP contribution is 2.21. The Hall–Kier alpha value is -1.09. The van der Waals surface area contributed by atoms with Crippen molar-refractivity contribution in [1.29, 1.82) is 0 Å². The van der Waals surface area contributed by atoms with Crippen LogP contribution in [0.15, 0.2) is 18.3 Å². The molecular formula is C9H14N2O. The lowest BCUT2D eigenvalue weighted by Crippen LogP contribution is -2.10. The molecule has 0 aliphatic heterocycles. The molecule has 3 heteroatoms. The van der Waals surface area contributed by atoms with Gasteiger partial charge >= 0.3 is 0 Å². The highest BCUT2D eigenvalue weighted by molar-refractivity contribution is 5.28. The molecule has 0 radical (unpaired) electrons. The van der Waals surface area contributed by atoms with Crippen molar-refractivity contribution in [2.24, 2.45) is 5.73 Å². The van der Waals surface area contributed by atoms with Crippen LogP contribution in [0.1, 0.15) is 24.9 Å². The summed E-state index contributed by atoms with van der Waals surface area (Å²) in [7, 11) is 1.61. The highest BCUT2D eigenvalue weighted by Gasteiger charge is 2.09. The molecule has 1 heterocycles. The molecule has 0 unspecified atom stereocenters. The van der Waals surface area contributed by atoms with Crippen LogP contribution in [-0.2, 0) is 0 Å². The van der Waals surface area contributed by atoms with E-state index >= 15 is 0 Å². The van der Waals surface area contributed by atoms with E-state index in [4.69, 9.17) is 10.5 Å². The first-order chi connectivity index (χ1) is 5.79. The minimum Gasteiger partial charge on any atom is -0.481 e. The van der Waals surface area contributed by atoms with E-state index in [0.717, 1.165) is 12.0 Å². The van der Waals surface area contributed by atoms with Crippen molar-refractivity contribution in [3.8, 4) is 5.88 Å². The van der Waals surface area contributed by atoms with Crippen LogP contribution in [0.25, 0.3) is 0 Å². The standard InChI is InChI=1S/C9H14N2O/c1-3-8(10)7-5-4-6-11-9(7)12-2/h4-6,8H,3,10H2,1-2H3/t8-/m1/s1. The van der Waals surface area contributed by atoms with Gasteiger partial charge in [-0.3, -0.25) is 0 Å². The van der Waals surface area contributed by atoms with Crippen molar-refractivity contribution >= 4 is 0 Å². The number of rotatable bonds is 3. The van der Waals surface area contributed by atoms with Crippen LogP contribution < -0.4 is 10.5 Å². The number of pyridine rings is 1. The summed E-state index contributed by atoms with van der Waals surface area (Å²) < 4.78 is 5.08. The summed E-state index contributed by atoms with van der Waals surface area (Å²) in [5, 5.41) is 0. The zero-order valence-corrected chi connectivity index (χ0v) is 7.45. The average molecular weight is 166 g/mol. The number of aromatic nitrogens is 1. The van der Waals surface area contributed by atoms with E-state index in [1.165, 1.54) is 0 Å². The Kier molecular flexibility index (Phi) is 3.05. The van der Waals surface area contributed by atoms with E-state index in [9.17, 15) is 0 Å². The molecule has 0 aliphatic rings. The van der Waals surface area contributed by atoms with Crippen LogP contribution >= 0.6 is 0 Å². The molecule has 0 fully saturated rings. The van der Waals surface area contributed by atoms with Gasteiger partial charge in [-0.1, -0.05) is 13.0 Å². The monoisotopic (exact) mass is 166 g/mol. The second-order valence-corrected chi connectivity index (χ2v) is 2.62. The van der Waals surface area contributed by atoms with E-state index in [-0.39, 0.29) is 6.04 Å². The van der Waals surface area contributed by atoms with E-state index < -0.39 is 0 Å². The van der Waals surface area contributed by atoms with Gasteiger partial charge in [0.1, 0.15) is 0 Å². The lowest BCUT2D eigenvalue weighted by Gasteiger charge is -2.11. The van der Waals surface area contributed by atoms with Gasteiger partial charge < -0.3 is 10.5 Å². The normalized spacial score (nSPS) is 12.6. The molecule has 1 rings (SSSR count). The second kappa shape index (κ2) is 4.07. The Morgan fingerprint density at radius 1 is 1.67 bits per heavy atom. The fourth-order valence-corrected chi connectivity index (χ4v) is 1.08. The lowest BCUT2D eigenvalue weighted by atomic mass is 10.1. The van der Waals surface area contributed by atoms with Gasteiger partial charge in [-0.25, -0.2) is 4.98 Å². The summed E-state index contributed by atoms with van der Waals surface area (Å²) in [5.74, 6) is 0.631.